The Hall–Kier alpha value is -2.69. The van der Waals surface area contributed by atoms with Crippen LogP contribution in [0.25, 0.3) is 5.69 Å². The average molecular weight is 347 g/mol. The van der Waals surface area contributed by atoms with Crippen molar-refractivity contribution in [3.05, 3.63) is 65.5 Å². The van der Waals surface area contributed by atoms with E-state index in [9.17, 15) is 0 Å². The molecule has 0 spiro atoms. The first-order valence-electron chi connectivity index (χ1n) is 9.37. The summed E-state index contributed by atoms with van der Waals surface area (Å²) >= 11 is 0. The molecule has 1 fully saturated rings. The van der Waals surface area contributed by atoms with Gasteiger partial charge >= 0.3 is 0 Å². The third-order valence-electron chi connectivity index (χ3n) is 5.29. The Labute approximate surface area is 154 Å². The zero-order chi connectivity index (χ0) is 18.0. The number of nitrogens with zero attached hydrogens (tertiary/aromatic N) is 4. The quantitative estimate of drug-likeness (QED) is 0.752. The molecule has 0 atom stereocenters. The van der Waals surface area contributed by atoms with Crippen LogP contribution in [0, 0.1) is 13.8 Å². The van der Waals surface area contributed by atoms with E-state index in [0.29, 0.717) is 0 Å². The number of nitrogens with one attached hydrogen (secondary N) is 1. The highest BCUT2D eigenvalue weighted by molar-refractivity contribution is 5.48. The Morgan fingerprint density at radius 1 is 0.923 bits per heavy atom. The molecule has 0 bridgehead atoms. The molecule has 1 heterocycles. The summed E-state index contributed by atoms with van der Waals surface area (Å²) in [5.41, 5.74) is 4.36. The van der Waals surface area contributed by atoms with E-state index < -0.39 is 0 Å². The van der Waals surface area contributed by atoms with Crippen LogP contribution in [0.5, 0.6) is 0 Å². The van der Waals surface area contributed by atoms with Crippen LogP contribution in [-0.2, 0) is 5.54 Å². The van der Waals surface area contributed by atoms with Gasteiger partial charge in [-0.25, -0.2) is 0 Å². The van der Waals surface area contributed by atoms with Crippen molar-refractivity contribution in [2.24, 2.45) is 0 Å². The van der Waals surface area contributed by atoms with Crippen LogP contribution in [0.2, 0.25) is 0 Å². The van der Waals surface area contributed by atoms with Gasteiger partial charge in [-0.1, -0.05) is 49.1 Å². The zero-order valence-corrected chi connectivity index (χ0v) is 15.4. The number of anilines is 1. The summed E-state index contributed by atoms with van der Waals surface area (Å²) < 4.78 is 1.90. The van der Waals surface area contributed by atoms with E-state index in [-0.39, 0.29) is 5.54 Å². The fourth-order valence-electron chi connectivity index (χ4n) is 3.89. The van der Waals surface area contributed by atoms with E-state index >= 15 is 0 Å². The first-order valence-corrected chi connectivity index (χ1v) is 9.37. The van der Waals surface area contributed by atoms with E-state index in [4.69, 9.17) is 0 Å². The molecule has 0 radical (unpaired) electrons. The molecule has 134 valence electrons. The second kappa shape index (κ2) is 6.90. The summed E-state index contributed by atoms with van der Waals surface area (Å²) in [6.07, 6.45) is 5.70. The van der Waals surface area contributed by atoms with Gasteiger partial charge in [-0.2, -0.15) is 4.68 Å². The van der Waals surface area contributed by atoms with E-state index in [1.165, 1.54) is 30.4 Å². The molecule has 1 aliphatic rings. The number of hydrogen-bond donors (Lipinski definition) is 1. The van der Waals surface area contributed by atoms with Gasteiger partial charge in [0.05, 0.1) is 11.2 Å². The molecule has 1 N–H and O–H groups in total. The zero-order valence-electron chi connectivity index (χ0n) is 15.4. The van der Waals surface area contributed by atoms with Gasteiger partial charge in [-0.3, -0.25) is 0 Å². The molecule has 0 amide bonds. The number of tetrazole rings is 1. The summed E-state index contributed by atoms with van der Waals surface area (Å²) in [6, 6.07) is 16.9. The van der Waals surface area contributed by atoms with Crippen molar-refractivity contribution in [2.45, 2.75) is 51.5 Å². The highest BCUT2D eigenvalue weighted by atomic mass is 15.6. The van der Waals surface area contributed by atoms with E-state index in [1.54, 1.807) is 0 Å². The van der Waals surface area contributed by atoms with Gasteiger partial charge in [-0.15, -0.1) is 5.10 Å². The number of aromatic nitrogens is 4. The van der Waals surface area contributed by atoms with Gasteiger partial charge in [0.25, 0.3) is 0 Å². The van der Waals surface area contributed by atoms with Crippen molar-refractivity contribution in [1.82, 2.24) is 20.2 Å². The minimum absolute atomic E-state index is 0.235. The van der Waals surface area contributed by atoms with Gasteiger partial charge < -0.3 is 5.32 Å². The maximum atomic E-state index is 4.47. The molecular formula is C21H25N5. The third kappa shape index (κ3) is 3.21. The normalized spacial score (nSPS) is 16.4. The maximum absolute atomic E-state index is 4.47. The lowest BCUT2D eigenvalue weighted by atomic mass is 9.80. The summed E-state index contributed by atoms with van der Waals surface area (Å²) in [6.45, 7) is 4.20. The molecule has 2 aromatic carbocycles. The van der Waals surface area contributed by atoms with Crippen LogP contribution < -0.4 is 5.32 Å². The first kappa shape index (κ1) is 16.8. The molecule has 4 rings (SSSR count). The predicted molar refractivity (Wildman–Crippen MR) is 103 cm³/mol. The number of aryl methyl sites for hydroxylation is 2. The van der Waals surface area contributed by atoms with Crippen molar-refractivity contribution in [1.29, 1.82) is 0 Å². The van der Waals surface area contributed by atoms with Crippen molar-refractivity contribution >= 4 is 5.69 Å². The van der Waals surface area contributed by atoms with Gasteiger partial charge in [0.2, 0.25) is 0 Å². The van der Waals surface area contributed by atoms with E-state index in [1.807, 2.05) is 4.68 Å². The predicted octanol–water partition coefficient (Wildman–Crippen LogP) is 4.55. The number of rotatable bonds is 4. The van der Waals surface area contributed by atoms with Gasteiger partial charge in [-0.05, 0) is 66.9 Å². The smallest absolute Gasteiger partial charge is 0.181 e. The first-order chi connectivity index (χ1) is 12.7. The summed E-state index contributed by atoms with van der Waals surface area (Å²) in [7, 11) is 0. The highest BCUT2D eigenvalue weighted by Crippen LogP contribution is 2.39. The largest absolute Gasteiger partial charge is 0.373 e. The molecule has 5 heteroatoms. The van der Waals surface area contributed by atoms with Crippen molar-refractivity contribution in [3.63, 3.8) is 0 Å². The Kier molecular flexibility index (Phi) is 4.45. The molecule has 5 nitrogen and oxygen atoms in total. The van der Waals surface area contributed by atoms with Crippen LogP contribution in [0.1, 0.15) is 49.1 Å². The average Bonchev–Trinajstić information content (AvgIpc) is 3.15. The maximum Gasteiger partial charge on any atom is 0.181 e. The molecule has 1 saturated carbocycles. The second-order valence-electron chi connectivity index (χ2n) is 7.39. The van der Waals surface area contributed by atoms with Crippen LogP contribution in [0.15, 0.2) is 48.5 Å². The molecule has 0 unspecified atom stereocenters. The summed E-state index contributed by atoms with van der Waals surface area (Å²) in [5.74, 6) is 0.906. The number of hydrogen-bond acceptors (Lipinski definition) is 4. The summed E-state index contributed by atoms with van der Waals surface area (Å²) in [4.78, 5) is 0. The Morgan fingerprint density at radius 2 is 1.69 bits per heavy atom. The molecular weight excluding hydrogens is 322 g/mol. The molecule has 0 saturated heterocycles. The lowest BCUT2D eigenvalue weighted by molar-refractivity contribution is 0.309. The second-order valence-corrected chi connectivity index (χ2v) is 7.39. The minimum atomic E-state index is -0.235. The highest BCUT2D eigenvalue weighted by Gasteiger charge is 2.39. The molecule has 1 aromatic heterocycles. The Morgan fingerprint density at radius 3 is 2.42 bits per heavy atom. The molecule has 26 heavy (non-hydrogen) atoms. The molecule has 0 aliphatic heterocycles. The van der Waals surface area contributed by atoms with Gasteiger partial charge in [0.1, 0.15) is 0 Å². The summed E-state index contributed by atoms with van der Waals surface area (Å²) in [5, 5.41) is 16.6. The fraction of sp³-hybridized carbons (Fsp3) is 0.381. The topological polar surface area (TPSA) is 55.6 Å². The Balaban J connectivity index is 1.76. The SMILES string of the molecule is Cc1ccc(NC2(c3nnnn3-c3cccc(C)c3)CCCCC2)cc1. The lowest BCUT2D eigenvalue weighted by Crippen LogP contribution is -2.40. The van der Waals surface area contributed by atoms with Crippen LogP contribution >= 0.6 is 0 Å². The van der Waals surface area contributed by atoms with E-state index in [0.717, 1.165) is 30.0 Å². The third-order valence-corrected chi connectivity index (χ3v) is 5.29. The van der Waals surface area contributed by atoms with Gasteiger partial charge in [0, 0.05) is 5.69 Å². The van der Waals surface area contributed by atoms with E-state index in [2.05, 4.69) is 83.2 Å². The lowest BCUT2D eigenvalue weighted by Gasteiger charge is -2.37. The molecule has 3 aromatic rings. The van der Waals surface area contributed by atoms with Crippen molar-refractivity contribution in [3.8, 4) is 5.69 Å². The van der Waals surface area contributed by atoms with Crippen molar-refractivity contribution < 1.29 is 0 Å². The van der Waals surface area contributed by atoms with Gasteiger partial charge in [0.15, 0.2) is 5.82 Å². The number of benzene rings is 2. The van der Waals surface area contributed by atoms with Crippen LogP contribution in [-0.4, -0.2) is 20.2 Å². The minimum Gasteiger partial charge on any atom is -0.373 e. The Bertz CT molecular complexity index is 875. The fourth-order valence-corrected chi connectivity index (χ4v) is 3.89. The van der Waals surface area contributed by atoms with Crippen LogP contribution in [0.4, 0.5) is 5.69 Å². The standard InChI is InChI=1S/C21H25N5/c1-16-9-11-18(12-10-16)22-21(13-4-3-5-14-21)20-23-24-25-26(20)19-8-6-7-17(2)15-19/h6-12,15,22H,3-5,13-14H2,1-2H3. The monoisotopic (exact) mass is 347 g/mol. The molecule has 1 aliphatic carbocycles. The van der Waals surface area contributed by atoms with Crippen LogP contribution in [0.3, 0.4) is 0 Å². The van der Waals surface area contributed by atoms with Crippen molar-refractivity contribution in [2.75, 3.05) is 5.32 Å².